The largest absolute Gasteiger partial charge is 0.497 e. The van der Waals surface area contributed by atoms with Gasteiger partial charge in [0.05, 0.1) is 20.3 Å². The number of hydrogen-bond acceptors (Lipinski definition) is 6. The molecular weight excluding hydrogens is 504 g/mol. The number of carbonyl (C=O) groups is 1. The molecule has 220 valence electrons. The van der Waals surface area contributed by atoms with Crippen LogP contribution < -0.4 is 9.47 Å². The molecule has 1 aromatic carbocycles. The molecule has 0 bridgehead atoms. The lowest BCUT2D eigenvalue weighted by molar-refractivity contribution is -0.238. The van der Waals surface area contributed by atoms with E-state index in [-0.39, 0.29) is 28.8 Å². The summed E-state index contributed by atoms with van der Waals surface area (Å²) in [5.74, 6) is 3.82. The summed E-state index contributed by atoms with van der Waals surface area (Å²) in [6, 6.07) is 6.04. The quantitative estimate of drug-likeness (QED) is 0.409. The highest BCUT2D eigenvalue weighted by atomic mass is 16.7. The van der Waals surface area contributed by atoms with E-state index < -0.39 is 12.4 Å². The van der Waals surface area contributed by atoms with Crippen LogP contribution >= 0.6 is 0 Å². The van der Waals surface area contributed by atoms with Gasteiger partial charge in [-0.1, -0.05) is 25.5 Å². The molecule has 5 aliphatic rings. The lowest BCUT2D eigenvalue weighted by atomic mass is 9.47. The third kappa shape index (κ3) is 4.53. The molecule has 10 atom stereocenters. The molecule has 10 unspecified atom stereocenters. The highest BCUT2D eigenvalue weighted by Crippen LogP contribution is 2.69. The Bertz CT molecular complexity index is 1150. The van der Waals surface area contributed by atoms with Crippen molar-refractivity contribution >= 4 is 5.78 Å². The zero-order chi connectivity index (χ0) is 28.2. The fraction of sp³-hybridized carbons (Fsp3) is 0.735. The first-order valence-corrected chi connectivity index (χ1v) is 15.6. The molecule has 6 nitrogen and oxygen atoms in total. The van der Waals surface area contributed by atoms with Gasteiger partial charge in [0.25, 0.3) is 0 Å². The number of benzene rings is 1. The Morgan fingerprint density at radius 1 is 1.07 bits per heavy atom. The SMILES string of the molecule is COc1ccc(OC)c(C2CC3C4CC=C5CC(OC6OCCCC6O)CCC5(C)C4CCC3(C)C2C(C)=O)c1. The van der Waals surface area contributed by atoms with Crippen LogP contribution in [0.1, 0.15) is 90.0 Å². The second-order valence-corrected chi connectivity index (χ2v) is 13.8. The van der Waals surface area contributed by atoms with Crippen molar-refractivity contribution in [3.8, 4) is 11.5 Å². The number of allylic oxidation sites excluding steroid dienone is 1. The van der Waals surface area contributed by atoms with Gasteiger partial charge < -0.3 is 24.1 Å². The van der Waals surface area contributed by atoms with Gasteiger partial charge in [0.15, 0.2) is 6.29 Å². The van der Waals surface area contributed by atoms with Gasteiger partial charge in [0, 0.05) is 18.1 Å². The number of aliphatic hydroxyl groups is 1. The highest BCUT2D eigenvalue weighted by molar-refractivity contribution is 5.81. The van der Waals surface area contributed by atoms with Crippen molar-refractivity contribution in [1.29, 1.82) is 0 Å². The number of Topliss-reactive ketones (excluding diaryl/α,β-unsaturated/α-hetero) is 1. The van der Waals surface area contributed by atoms with Crippen molar-refractivity contribution in [3.63, 3.8) is 0 Å². The van der Waals surface area contributed by atoms with Gasteiger partial charge in [-0.3, -0.25) is 4.79 Å². The molecular formula is C34H48O6. The monoisotopic (exact) mass is 552 g/mol. The van der Waals surface area contributed by atoms with Crippen LogP contribution in [-0.4, -0.2) is 50.2 Å². The fourth-order valence-electron chi connectivity index (χ4n) is 10.0. The minimum Gasteiger partial charge on any atom is -0.497 e. The molecule has 1 aliphatic heterocycles. The minimum atomic E-state index is -0.518. The van der Waals surface area contributed by atoms with Crippen LogP contribution in [0.3, 0.4) is 0 Å². The summed E-state index contributed by atoms with van der Waals surface area (Å²) in [6.45, 7) is 7.38. The van der Waals surface area contributed by atoms with Crippen LogP contribution in [0.15, 0.2) is 29.8 Å². The predicted molar refractivity (Wildman–Crippen MR) is 153 cm³/mol. The first kappa shape index (κ1) is 28.2. The third-order valence-electron chi connectivity index (χ3n) is 12.0. The Balaban J connectivity index is 1.27. The van der Waals surface area contributed by atoms with E-state index in [2.05, 4.69) is 26.0 Å². The number of fused-ring (bicyclic) bond motifs is 5. The summed E-state index contributed by atoms with van der Waals surface area (Å²) in [5.41, 5.74) is 2.83. The molecule has 0 aromatic heterocycles. The maximum absolute atomic E-state index is 13.4. The van der Waals surface area contributed by atoms with Crippen molar-refractivity contribution in [1.82, 2.24) is 0 Å². The van der Waals surface area contributed by atoms with E-state index in [0.717, 1.165) is 68.4 Å². The number of rotatable bonds is 6. The van der Waals surface area contributed by atoms with Crippen LogP contribution in [-0.2, 0) is 14.3 Å². The van der Waals surface area contributed by atoms with Crippen molar-refractivity contribution in [2.45, 2.75) is 103 Å². The van der Waals surface area contributed by atoms with E-state index in [1.165, 1.54) is 6.42 Å². The second kappa shape index (κ2) is 10.7. The number of ketones is 1. The summed E-state index contributed by atoms with van der Waals surface area (Å²) >= 11 is 0. The average molecular weight is 553 g/mol. The van der Waals surface area contributed by atoms with Crippen LogP contribution in [0, 0.1) is 34.5 Å². The van der Waals surface area contributed by atoms with Gasteiger partial charge in [0.1, 0.15) is 23.4 Å². The molecule has 1 N–H and O–H groups in total. The zero-order valence-corrected chi connectivity index (χ0v) is 25.0. The van der Waals surface area contributed by atoms with Gasteiger partial charge in [-0.05, 0) is 117 Å². The summed E-state index contributed by atoms with van der Waals surface area (Å²) in [6.07, 6.45) is 10.7. The van der Waals surface area contributed by atoms with Gasteiger partial charge in [-0.25, -0.2) is 0 Å². The van der Waals surface area contributed by atoms with Crippen LogP contribution in [0.5, 0.6) is 11.5 Å². The Hall–Kier alpha value is -1.89. The Morgan fingerprint density at radius 3 is 2.62 bits per heavy atom. The second-order valence-electron chi connectivity index (χ2n) is 13.8. The van der Waals surface area contributed by atoms with Gasteiger partial charge in [-0.15, -0.1) is 0 Å². The Kier molecular flexibility index (Phi) is 7.59. The van der Waals surface area contributed by atoms with Crippen LogP contribution in [0.2, 0.25) is 0 Å². The number of hydrogen-bond donors (Lipinski definition) is 1. The summed E-state index contributed by atoms with van der Waals surface area (Å²) in [7, 11) is 3.42. The van der Waals surface area contributed by atoms with E-state index >= 15 is 0 Å². The van der Waals surface area contributed by atoms with Crippen molar-refractivity contribution in [2.75, 3.05) is 20.8 Å². The maximum atomic E-state index is 13.4. The molecule has 0 spiro atoms. The smallest absolute Gasteiger partial charge is 0.183 e. The van der Waals surface area contributed by atoms with E-state index in [4.69, 9.17) is 18.9 Å². The molecule has 3 saturated carbocycles. The van der Waals surface area contributed by atoms with Crippen molar-refractivity contribution in [3.05, 3.63) is 35.4 Å². The molecule has 6 rings (SSSR count). The lowest BCUT2D eigenvalue weighted by Crippen LogP contribution is -2.51. The van der Waals surface area contributed by atoms with Crippen LogP contribution in [0.4, 0.5) is 0 Å². The fourth-order valence-corrected chi connectivity index (χ4v) is 10.0. The molecule has 0 radical (unpaired) electrons. The number of carbonyl (C=O) groups excluding carboxylic acids is 1. The summed E-state index contributed by atoms with van der Waals surface area (Å²) in [5, 5.41) is 10.4. The standard InChI is InChI=1S/C34H48O6/c1-20(35)31-26(25-18-22(37-4)9-11-30(25)38-5)19-28-24-10-8-21-17-23(40-32-29(36)7-6-16-39-32)12-14-33(21,2)27(24)13-15-34(28,31)3/h8-9,11,18,23-24,26-29,31-32,36H,6-7,10,12-17,19H2,1-5H3. The lowest BCUT2D eigenvalue weighted by Gasteiger charge is -2.58. The van der Waals surface area contributed by atoms with Crippen molar-refractivity contribution < 1.29 is 28.8 Å². The van der Waals surface area contributed by atoms with Gasteiger partial charge in [0.2, 0.25) is 0 Å². The van der Waals surface area contributed by atoms with E-state index in [0.29, 0.717) is 30.1 Å². The minimum absolute atomic E-state index is 0.0105. The average Bonchev–Trinajstić information content (AvgIpc) is 3.27. The maximum Gasteiger partial charge on any atom is 0.183 e. The molecule has 1 heterocycles. The summed E-state index contributed by atoms with van der Waals surface area (Å²) < 4.78 is 23.5. The first-order valence-electron chi connectivity index (χ1n) is 15.6. The van der Waals surface area contributed by atoms with Gasteiger partial charge >= 0.3 is 0 Å². The Labute approximate surface area is 239 Å². The van der Waals surface area contributed by atoms with Gasteiger partial charge in [-0.2, -0.15) is 0 Å². The molecule has 0 amide bonds. The van der Waals surface area contributed by atoms with E-state index in [9.17, 15) is 9.90 Å². The molecule has 6 heteroatoms. The normalized spacial score (nSPS) is 42.7. The number of methoxy groups -OCH3 is 2. The zero-order valence-electron chi connectivity index (χ0n) is 25.0. The van der Waals surface area contributed by atoms with E-state index in [1.54, 1.807) is 26.7 Å². The first-order chi connectivity index (χ1) is 19.2. The molecule has 4 aliphatic carbocycles. The highest BCUT2D eigenvalue weighted by Gasteiger charge is 2.62. The number of ether oxygens (including phenoxy) is 4. The van der Waals surface area contributed by atoms with Crippen molar-refractivity contribution in [2.24, 2.45) is 34.5 Å². The molecule has 40 heavy (non-hydrogen) atoms. The topological polar surface area (TPSA) is 74.2 Å². The Morgan fingerprint density at radius 2 is 1.90 bits per heavy atom. The van der Waals surface area contributed by atoms with Crippen LogP contribution in [0.25, 0.3) is 0 Å². The molecule has 1 saturated heterocycles. The predicted octanol–water partition coefficient (Wildman–Crippen LogP) is 6.45. The number of aliphatic hydroxyl groups excluding tert-OH is 1. The van der Waals surface area contributed by atoms with E-state index in [1.807, 2.05) is 12.1 Å². The third-order valence-corrected chi connectivity index (χ3v) is 12.0. The molecule has 1 aromatic rings. The summed E-state index contributed by atoms with van der Waals surface area (Å²) in [4.78, 5) is 13.4. The molecule has 4 fully saturated rings.